The fraction of sp³-hybridized carbons (Fsp3) is 0.720. The van der Waals surface area contributed by atoms with Gasteiger partial charge in [-0.25, -0.2) is 0 Å². The summed E-state index contributed by atoms with van der Waals surface area (Å²) in [7, 11) is 0. The lowest BCUT2D eigenvalue weighted by Gasteiger charge is -2.40. The zero-order chi connectivity index (χ0) is 22.3. The van der Waals surface area contributed by atoms with Crippen LogP contribution in [0.5, 0.6) is 0 Å². The van der Waals surface area contributed by atoms with Gasteiger partial charge in [-0.05, 0) is 50.2 Å². The standard InChI is InChI=1S/C25H38N4O3/c30-25(16-11-19-6-1-2-7-19)27-24-10-4-3-9-23(24)26-20-8-5-17-28(18-20)21-12-14-22(15-13-21)29(31)32/h12-15,19-20,23-24,26H,1-11,16-18H2,(H,27,30)/t20-,23+,24+/m0/s1. The van der Waals surface area contributed by atoms with E-state index in [4.69, 9.17) is 0 Å². The van der Waals surface area contributed by atoms with Crippen LogP contribution in [0.4, 0.5) is 11.4 Å². The zero-order valence-electron chi connectivity index (χ0n) is 19.1. The summed E-state index contributed by atoms with van der Waals surface area (Å²) in [5.74, 6) is 0.987. The van der Waals surface area contributed by atoms with E-state index in [0.717, 1.165) is 56.8 Å². The molecule has 1 aromatic rings. The van der Waals surface area contributed by atoms with Crippen LogP contribution >= 0.6 is 0 Å². The molecular formula is C25H38N4O3. The number of benzene rings is 1. The molecule has 3 atom stereocenters. The Kier molecular flexibility index (Phi) is 8.00. The fourth-order valence-corrected chi connectivity index (χ4v) is 5.85. The fourth-order valence-electron chi connectivity index (χ4n) is 5.85. The van der Waals surface area contributed by atoms with Crippen molar-refractivity contribution in [3.8, 4) is 0 Å². The first-order chi connectivity index (χ1) is 15.6. The van der Waals surface area contributed by atoms with Gasteiger partial charge in [0.1, 0.15) is 0 Å². The minimum Gasteiger partial charge on any atom is -0.370 e. The molecule has 0 spiro atoms. The number of anilines is 1. The molecule has 1 aliphatic heterocycles. The van der Waals surface area contributed by atoms with E-state index in [0.29, 0.717) is 18.5 Å². The number of piperidine rings is 1. The van der Waals surface area contributed by atoms with E-state index in [2.05, 4.69) is 15.5 Å². The van der Waals surface area contributed by atoms with Crippen LogP contribution in [-0.4, -0.2) is 42.0 Å². The summed E-state index contributed by atoms with van der Waals surface area (Å²) in [4.78, 5) is 25.5. The van der Waals surface area contributed by atoms with Crippen molar-refractivity contribution in [1.82, 2.24) is 10.6 Å². The average Bonchev–Trinajstić information content (AvgIpc) is 3.33. The normalized spacial score (nSPS) is 26.8. The van der Waals surface area contributed by atoms with Crippen LogP contribution in [0.2, 0.25) is 0 Å². The number of nitro benzene ring substituents is 1. The Morgan fingerprint density at radius 1 is 0.969 bits per heavy atom. The molecule has 0 radical (unpaired) electrons. The molecule has 0 unspecified atom stereocenters. The van der Waals surface area contributed by atoms with Gasteiger partial charge in [0, 0.05) is 55.5 Å². The zero-order valence-corrected chi connectivity index (χ0v) is 19.1. The third-order valence-electron chi connectivity index (χ3n) is 7.66. The van der Waals surface area contributed by atoms with Gasteiger partial charge in [-0.3, -0.25) is 14.9 Å². The Hall–Kier alpha value is -2.15. The van der Waals surface area contributed by atoms with Gasteiger partial charge in [0.25, 0.3) is 5.69 Å². The highest BCUT2D eigenvalue weighted by Crippen LogP contribution is 2.29. The maximum absolute atomic E-state index is 12.6. The number of carbonyl (C=O) groups excluding carboxylic acids is 1. The van der Waals surface area contributed by atoms with E-state index in [1.807, 2.05) is 12.1 Å². The summed E-state index contributed by atoms with van der Waals surface area (Å²) in [5, 5.41) is 18.2. The number of rotatable bonds is 8. The van der Waals surface area contributed by atoms with Crippen LogP contribution in [0.3, 0.4) is 0 Å². The third kappa shape index (κ3) is 6.21. The summed E-state index contributed by atoms with van der Waals surface area (Å²) in [6.07, 6.45) is 13.8. The summed E-state index contributed by atoms with van der Waals surface area (Å²) >= 11 is 0. The average molecular weight is 443 g/mol. The lowest BCUT2D eigenvalue weighted by molar-refractivity contribution is -0.384. The molecule has 32 heavy (non-hydrogen) atoms. The summed E-state index contributed by atoms with van der Waals surface area (Å²) in [6.45, 7) is 1.87. The maximum Gasteiger partial charge on any atom is 0.269 e. The molecule has 3 aliphatic rings. The Morgan fingerprint density at radius 2 is 1.66 bits per heavy atom. The molecule has 1 heterocycles. The van der Waals surface area contributed by atoms with E-state index in [1.165, 1.54) is 38.5 Å². The molecule has 2 saturated carbocycles. The van der Waals surface area contributed by atoms with Crippen LogP contribution in [-0.2, 0) is 4.79 Å². The maximum atomic E-state index is 12.6. The number of carbonyl (C=O) groups is 1. The second-order valence-electron chi connectivity index (χ2n) is 9.98. The van der Waals surface area contributed by atoms with E-state index >= 15 is 0 Å². The molecule has 7 nitrogen and oxygen atoms in total. The molecule has 0 aromatic heterocycles. The molecule has 1 aromatic carbocycles. The molecule has 1 amide bonds. The van der Waals surface area contributed by atoms with Gasteiger partial charge in [-0.15, -0.1) is 0 Å². The molecule has 4 rings (SSSR count). The Morgan fingerprint density at radius 3 is 2.38 bits per heavy atom. The molecular weight excluding hydrogens is 404 g/mol. The Bertz CT molecular complexity index is 763. The van der Waals surface area contributed by atoms with Crippen molar-refractivity contribution in [2.24, 2.45) is 5.92 Å². The van der Waals surface area contributed by atoms with Crippen molar-refractivity contribution in [3.63, 3.8) is 0 Å². The summed E-state index contributed by atoms with van der Waals surface area (Å²) in [5.41, 5.74) is 1.18. The monoisotopic (exact) mass is 442 g/mol. The Labute approximate surface area is 191 Å². The van der Waals surface area contributed by atoms with Crippen molar-refractivity contribution >= 4 is 17.3 Å². The van der Waals surface area contributed by atoms with E-state index < -0.39 is 0 Å². The smallest absolute Gasteiger partial charge is 0.269 e. The first kappa shape index (κ1) is 23.0. The van der Waals surface area contributed by atoms with Crippen LogP contribution in [0.15, 0.2) is 24.3 Å². The van der Waals surface area contributed by atoms with Crippen LogP contribution < -0.4 is 15.5 Å². The van der Waals surface area contributed by atoms with Gasteiger partial charge in [-0.1, -0.05) is 38.5 Å². The summed E-state index contributed by atoms with van der Waals surface area (Å²) < 4.78 is 0. The van der Waals surface area contributed by atoms with Gasteiger partial charge in [-0.2, -0.15) is 0 Å². The van der Waals surface area contributed by atoms with Gasteiger partial charge in [0.15, 0.2) is 0 Å². The summed E-state index contributed by atoms with van der Waals surface area (Å²) in [6, 6.07) is 7.83. The second-order valence-corrected chi connectivity index (χ2v) is 9.98. The molecule has 2 aliphatic carbocycles. The number of non-ortho nitro benzene ring substituents is 1. The second kappa shape index (κ2) is 11.1. The number of nitrogens with zero attached hydrogens (tertiary/aromatic N) is 2. The molecule has 0 bridgehead atoms. The minimum atomic E-state index is -0.352. The highest BCUT2D eigenvalue weighted by molar-refractivity contribution is 5.76. The van der Waals surface area contributed by atoms with Crippen molar-refractivity contribution < 1.29 is 9.72 Å². The van der Waals surface area contributed by atoms with Crippen molar-refractivity contribution in [3.05, 3.63) is 34.4 Å². The van der Waals surface area contributed by atoms with Crippen LogP contribution in [0, 0.1) is 16.0 Å². The predicted molar refractivity (Wildman–Crippen MR) is 127 cm³/mol. The molecule has 176 valence electrons. The highest BCUT2D eigenvalue weighted by Gasteiger charge is 2.30. The van der Waals surface area contributed by atoms with E-state index in [-0.39, 0.29) is 22.6 Å². The molecule has 1 saturated heterocycles. The quantitative estimate of drug-likeness (QED) is 0.455. The minimum absolute atomic E-state index is 0.133. The van der Waals surface area contributed by atoms with Crippen LogP contribution in [0.25, 0.3) is 0 Å². The van der Waals surface area contributed by atoms with E-state index in [9.17, 15) is 14.9 Å². The predicted octanol–water partition coefficient (Wildman–Crippen LogP) is 4.55. The van der Waals surface area contributed by atoms with Crippen molar-refractivity contribution in [2.75, 3.05) is 18.0 Å². The number of nitro groups is 1. The largest absolute Gasteiger partial charge is 0.370 e. The van der Waals surface area contributed by atoms with Crippen molar-refractivity contribution in [2.45, 2.75) is 95.2 Å². The Balaban J connectivity index is 1.28. The first-order valence-corrected chi connectivity index (χ1v) is 12.6. The van der Waals surface area contributed by atoms with Crippen LogP contribution in [0.1, 0.15) is 77.0 Å². The van der Waals surface area contributed by atoms with Crippen molar-refractivity contribution in [1.29, 1.82) is 0 Å². The molecule has 7 heteroatoms. The first-order valence-electron chi connectivity index (χ1n) is 12.6. The topological polar surface area (TPSA) is 87.5 Å². The van der Waals surface area contributed by atoms with Gasteiger partial charge in [0.2, 0.25) is 5.91 Å². The third-order valence-corrected chi connectivity index (χ3v) is 7.66. The number of nitrogens with one attached hydrogen (secondary N) is 2. The number of hydrogen-bond acceptors (Lipinski definition) is 5. The lowest BCUT2D eigenvalue weighted by atomic mass is 9.88. The molecule has 2 N–H and O–H groups in total. The van der Waals surface area contributed by atoms with Gasteiger partial charge >= 0.3 is 0 Å². The van der Waals surface area contributed by atoms with E-state index in [1.54, 1.807) is 12.1 Å². The highest BCUT2D eigenvalue weighted by atomic mass is 16.6. The van der Waals surface area contributed by atoms with Gasteiger partial charge in [0.05, 0.1) is 4.92 Å². The molecule has 3 fully saturated rings. The SMILES string of the molecule is O=C(CCC1CCCC1)N[C@@H]1CCCC[C@H]1N[C@H]1CCCN(c2ccc([N+](=O)[O-])cc2)C1. The number of amides is 1. The van der Waals surface area contributed by atoms with Gasteiger partial charge < -0.3 is 15.5 Å². The number of hydrogen-bond donors (Lipinski definition) is 2. The lowest BCUT2D eigenvalue weighted by Crippen LogP contribution is -2.57.